The summed E-state index contributed by atoms with van der Waals surface area (Å²) in [6.45, 7) is 9.92. The third-order valence-corrected chi connectivity index (χ3v) is 4.54. The lowest BCUT2D eigenvalue weighted by Gasteiger charge is -2.34. The van der Waals surface area contributed by atoms with Gasteiger partial charge in [-0.3, -0.25) is 0 Å². The number of hydrogen-bond donors (Lipinski definition) is 1. The highest BCUT2D eigenvalue weighted by Gasteiger charge is 2.26. The van der Waals surface area contributed by atoms with Crippen LogP contribution in [0, 0.1) is 11.8 Å². The monoisotopic (exact) mass is 273 g/mol. The minimum atomic E-state index is 0.564. The number of rotatable bonds is 6. The van der Waals surface area contributed by atoms with Gasteiger partial charge in [0.2, 0.25) is 0 Å². The molecule has 0 bridgehead atoms. The molecule has 2 rings (SSSR count). The van der Waals surface area contributed by atoms with Crippen LogP contribution in [0.15, 0.2) is 36.9 Å². The van der Waals surface area contributed by atoms with Crippen molar-refractivity contribution in [3.05, 3.63) is 42.5 Å². The molecule has 110 valence electrons. The molecule has 0 heterocycles. The molecular formula is C18H27NO. The first-order chi connectivity index (χ1) is 9.70. The van der Waals surface area contributed by atoms with E-state index in [0.29, 0.717) is 12.6 Å². The van der Waals surface area contributed by atoms with Crippen LogP contribution >= 0.6 is 0 Å². The Bertz CT molecular complexity index is 429. The number of ether oxygens (including phenoxy) is 1. The van der Waals surface area contributed by atoms with Crippen molar-refractivity contribution in [3.63, 3.8) is 0 Å². The van der Waals surface area contributed by atoms with E-state index in [4.69, 9.17) is 4.74 Å². The molecule has 1 fully saturated rings. The van der Waals surface area contributed by atoms with Crippen molar-refractivity contribution in [2.45, 2.75) is 45.7 Å². The molecule has 0 aromatic heterocycles. The molecule has 20 heavy (non-hydrogen) atoms. The Morgan fingerprint density at radius 3 is 3.00 bits per heavy atom. The van der Waals surface area contributed by atoms with E-state index in [0.717, 1.165) is 24.1 Å². The summed E-state index contributed by atoms with van der Waals surface area (Å²) in [5, 5.41) is 3.73. The normalized spacial score (nSPS) is 26.2. The van der Waals surface area contributed by atoms with Crippen molar-refractivity contribution in [1.82, 2.24) is 5.32 Å². The molecule has 0 spiro atoms. The summed E-state index contributed by atoms with van der Waals surface area (Å²) in [4.78, 5) is 0. The van der Waals surface area contributed by atoms with Crippen LogP contribution in [-0.2, 0) is 6.54 Å². The van der Waals surface area contributed by atoms with Crippen molar-refractivity contribution in [2.24, 2.45) is 11.8 Å². The van der Waals surface area contributed by atoms with Gasteiger partial charge in [-0.2, -0.15) is 0 Å². The highest BCUT2D eigenvalue weighted by atomic mass is 16.5. The largest absolute Gasteiger partial charge is 0.490 e. The molecule has 1 saturated carbocycles. The standard InChI is InChI=1S/C18H27NO/c1-4-11-20-17-9-6-8-16(12-17)13-19-18-10-5-7-14(2)15(18)3/h4,6,8-9,12,14-15,18-19H,1,5,7,10-11,13H2,2-3H3/t14-,15+,18+/m0/s1. The first kappa shape index (κ1) is 15.1. The quantitative estimate of drug-likeness (QED) is 0.786. The van der Waals surface area contributed by atoms with Gasteiger partial charge < -0.3 is 10.1 Å². The summed E-state index contributed by atoms with van der Waals surface area (Å²) in [7, 11) is 0. The summed E-state index contributed by atoms with van der Waals surface area (Å²) < 4.78 is 5.58. The second-order valence-corrected chi connectivity index (χ2v) is 6.00. The predicted molar refractivity (Wildman–Crippen MR) is 84.9 cm³/mol. The topological polar surface area (TPSA) is 21.3 Å². The average Bonchev–Trinajstić information content (AvgIpc) is 2.47. The van der Waals surface area contributed by atoms with Gasteiger partial charge in [-0.15, -0.1) is 0 Å². The summed E-state index contributed by atoms with van der Waals surface area (Å²) in [6, 6.07) is 8.98. The first-order valence-electron chi connectivity index (χ1n) is 7.76. The number of benzene rings is 1. The van der Waals surface area contributed by atoms with Gasteiger partial charge in [-0.05, 0) is 36.0 Å². The Labute approximate surface area is 123 Å². The van der Waals surface area contributed by atoms with E-state index in [1.54, 1.807) is 6.08 Å². The van der Waals surface area contributed by atoms with Gasteiger partial charge in [0.25, 0.3) is 0 Å². The van der Waals surface area contributed by atoms with Crippen LogP contribution in [0.5, 0.6) is 5.75 Å². The molecular weight excluding hydrogens is 246 g/mol. The highest BCUT2D eigenvalue weighted by Crippen LogP contribution is 2.29. The lowest BCUT2D eigenvalue weighted by molar-refractivity contribution is 0.206. The average molecular weight is 273 g/mol. The second kappa shape index (κ2) is 7.49. The molecule has 3 atom stereocenters. The molecule has 1 aromatic carbocycles. The van der Waals surface area contributed by atoms with E-state index in [1.165, 1.54) is 24.8 Å². The fourth-order valence-corrected chi connectivity index (χ4v) is 3.02. The Morgan fingerprint density at radius 1 is 1.35 bits per heavy atom. The lowest BCUT2D eigenvalue weighted by atomic mass is 9.78. The zero-order chi connectivity index (χ0) is 14.4. The number of hydrogen-bond acceptors (Lipinski definition) is 2. The smallest absolute Gasteiger partial charge is 0.120 e. The van der Waals surface area contributed by atoms with E-state index in [2.05, 4.69) is 43.9 Å². The van der Waals surface area contributed by atoms with Crippen LogP contribution in [0.3, 0.4) is 0 Å². The van der Waals surface area contributed by atoms with Crippen LogP contribution in [0.4, 0.5) is 0 Å². The minimum absolute atomic E-state index is 0.564. The third-order valence-electron chi connectivity index (χ3n) is 4.54. The van der Waals surface area contributed by atoms with Crippen LogP contribution in [0.2, 0.25) is 0 Å². The Balaban J connectivity index is 1.88. The van der Waals surface area contributed by atoms with E-state index < -0.39 is 0 Å². The maximum Gasteiger partial charge on any atom is 0.120 e. The van der Waals surface area contributed by atoms with E-state index in [9.17, 15) is 0 Å². The molecule has 0 amide bonds. The van der Waals surface area contributed by atoms with Crippen LogP contribution in [0.1, 0.15) is 38.7 Å². The molecule has 0 saturated heterocycles. The fraction of sp³-hybridized carbons (Fsp3) is 0.556. The van der Waals surface area contributed by atoms with E-state index in [1.807, 2.05) is 6.07 Å². The summed E-state index contributed by atoms with van der Waals surface area (Å²) in [6.07, 6.45) is 5.81. The van der Waals surface area contributed by atoms with Gasteiger partial charge in [0.1, 0.15) is 12.4 Å². The molecule has 2 heteroatoms. The maximum absolute atomic E-state index is 5.58. The molecule has 0 radical (unpaired) electrons. The van der Waals surface area contributed by atoms with Gasteiger partial charge in [-0.25, -0.2) is 0 Å². The lowest BCUT2D eigenvalue weighted by Crippen LogP contribution is -2.40. The first-order valence-corrected chi connectivity index (χ1v) is 7.76. The number of nitrogens with one attached hydrogen (secondary N) is 1. The van der Waals surface area contributed by atoms with Crippen molar-refractivity contribution in [3.8, 4) is 5.75 Å². The van der Waals surface area contributed by atoms with Crippen LogP contribution < -0.4 is 10.1 Å². The third kappa shape index (κ3) is 4.11. The highest BCUT2D eigenvalue weighted by molar-refractivity contribution is 5.28. The predicted octanol–water partition coefficient (Wildman–Crippen LogP) is 4.17. The maximum atomic E-state index is 5.58. The molecule has 1 aliphatic carbocycles. The molecule has 0 unspecified atom stereocenters. The molecule has 2 nitrogen and oxygen atoms in total. The van der Waals surface area contributed by atoms with Crippen LogP contribution in [0.25, 0.3) is 0 Å². The van der Waals surface area contributed by atoms with Crippen molar-refractivity contribution >= 4 is 0 Å². The minimum Gasteiger partial charge on any atom is -0.490 e. The van der Waals surface area contributed by atoms with Crippen LogP contribution in [-0.4, -0.2) is 12.6 Å². The summed E-state index contributed by atoms with van der Waals surface area (Å²) >= 11 is 0. The van der Waals surface area contributed by atoms with Crippen molar-refractivity contribution in [1.29, 1.82) is 0 Å². The van der Waals surface area contributed by atoms with E-state index in [-0.39, 0.29) is 0 Å². The molecule has 1 aromatic rings. The summed E-state index contributed by atoms with van der Waals surface area (Å²) in [5.74, 6) is 2.53. The second-order valence-electron chi connectivity index (χ2n) is 6.00. The van der Waals surface area contributed by atoms with Gasteiger partial charge in [0, 0.05) is 12.6 Å². The fourth-order valence-electron chi connectivity index (χ4n) is 3.02. The molecule has 0 aliphatic heterocycles. The van der Waals surface area contributed by atoms with Gasteiger partial charge in [0.05, 0.1) is 0 Å². The Morgan fingerprint density at radius 2 is 2.20 bits per heavy atom. The van der Waals surface area contributed by atoms with Gasteiger partial charge >= 0.3 is 0 Å². The Hall–Kier alpha value is -1.28. The van der Waals surface area contributed by atoms with Gasteiger partial charge in [-0.1, -0.05) is 51.5 Å². The molecule has 1 aliphatic rings. The zero-order valence-corrected chi connectivity index (χ0v) is 12.8. The zero-order valence-electron chi connectivity index (χ0n) is 12.8. The van der Waals surface area contributed by atoms with Crippen molar-refractivity contribution < 1.29 is 4.74 Å². The van der Waals surface area contributed by atoms with Crippen molar-refractivity contribution in [2.75, 3.05) is 6.61 Å². The summed E-state index contributed by atoms with van der Waals surface area (Å²) in [5.41, 5.74) is 1.29. The van der Waals surface area contributed by atoms with E-state index >= 15 is 0 Å². The SMILES string of the molecule is C=CCOc1cccc(CN[C@@H]2CCC[C@H](C)[C@H]2C)c1. The van der Waals surface area contributed by atoms with Gasteiger partial charge in [0.15, 0.2) is 0 Å². The Kier molecular flexibility index (Phi) is 5.66. The molecule has 1 N–H and O–H groups in total.